The van der Waals surface area contributed by atoms with Gasteiger partial charge in [-0.2, -0.15) is 0 Å². The number of aliphatic carboxylic acids is 2. The molecule has 0 spiro atoms. The van der Waals surface area contributed by atoms with Gasteiger partial charge in [0.15, 0.2) is 0 Å². The van der Waals surface area contributed by atoms with E-state index in [1.807, 2.05) is 0 Å². The van der Waals surface area contributed by atoms with Gasteiger partial charge in [-0.05, 0) is 48.9 Å². The predicted octanol–water partition coefficient (Wildman–Crippen LogP) is 2.49. The molecule has 4 N–H and O–H groups in total. The highest BCUT2D eigenvalue weighted by Gasteiger charge is 2.55. The Hall–Kier alpha value is -1.10. The van der Waals surface area contributed by atoms with E-state index in [2.05, 4.69) is 20.8 Å². The van der Waals surface area contributed by atoms with Gasteiger partial charge in [-0.15, -0.1) is 0 Å². The van der Waals surface area contributed by atoms with E-state index in [0.29, 0.717) is 10.8 Å². The van der Waals surface area contributed by atoms with Crippen LogP contribution in [-0.4, -0.2) is 28.2 Å². The van der Waals surface area contributed by atoms with Crippen molar-refractivity contribution >= 4 is 11.9 Å². The van der Waals surface area contributed by atoms with Crippen molar-refractivity contribution in [1.29, 1.82) is 0 Å². The molecule has 2 aliphatic rings. The molecular formula is C15H27NO4. The number of carboxylic acids is 2. The molecule has 0 aromatic rings. The van der Waals surface area contributed by atoms with E-state index >= 15 is 0 Å². The standard InChI is InChI=1S/C10H18.C5H9NO4/c1-9(2)8-4-6-10(9,3)7-5-8;6-3(5(9)10)1-2-4(7)8/h8H,4-7H2,1-3H3;3H,1-2,6H2,(H,7,8)(H,9,10). The molecule has 2 bridgehead atoms. The van der Waals surface area contributed by atoms with Crippen LogP contribution in [0.15, 0.2) is 0 Å². The molecule has 116 valence electrons. The summed E-state index contributed by atoms with van der Waals surface area (Å²) in [6, 6.07) is -1.06. The van der Waals surface area contributed by atoms with Gasteiger partial charge >= 0.3 is 11.9 Å². The van der Waals surface area contributed by atoms with Crippen LogP contribution in [0.2, 0.25) is 0 Å². The number of hydrogen-bond donors (Lipinski definition) is 3. The van der Waals surface area contributed by atoms with E-state index in [1.54, 1.807) is 0 Å². The van der Waals surface area contributed by atoms with Crippen molar-refractivity contribution < 1.29 is 19.8 Å². The first-order valence-corrected chi connectivity index (χ1v) is 7.30. The second-order valence-electron chi connectivity index (χ2n) is 6.93. The molecule has 2 rings (SSSR count). The predicted molar refractivity (Wildman–Crippen MR) is 76.3 cm³/mol. The molecule has 0 saturated heterocycles. The van der Waals surface area contributed by atoms with Gasteiger partial charge in [0.2, 0.25) is 0 Å². The van der Waals surface area contributed by atoms with Gasteiger partial charge in [-0.1, -0.05) is 20.8 Å². The SMILES string of the molecule is CC12CCC(CC1)C2(C)C.NC(CCC(=O)O)C(=O)O. The molecule has 1 atom stereocenters. The molecule has 2 saturated carbocycles. The Morgan fingerprint density at radius 2 is 1.70 bits per heavy atom. The topological polar surface area (TPSA) is 101 Å². The van der Waals surface area contributed by atoms with E-state index in [0.717, 1.165) is 5.92 Å². The van der Waals surface area contributed by atoms with Crippen molar-refractivity contribution in [1.82, 2.24) is 0 Å². The number of fused-ring (bicyclic) bond motifs is 2. The fraction of sp³-hybridized carbons (Fsp3) is 0.867. The molecule has 0 amide bonds. The maximum Gasteiger partial charge on any atom is 0.320 e. The largest absolute Gasteiger partial charge is 0.481 e. The summed E-state index contributed by atoms with van der Waals surface area (Å²) in [5.41, 5.74) is 6.37. The molecule has 0 radical (unpaired) electrons. The summed E-state index contributed by atoms with van der Waals surface area (Å²) in [6.07, 6.45) is 5.76. The Balaban J connectivity index is 0.000000200. The van der Waals surface area contributed by atoms with Gasteiger partial charge in [-0.25, -0.2) is 0 Å². The smallest absolute Gasteiger partial charge is 0.320 e. The lowest BCUT2D eigenvalue weighted by Crippen LogP contribution is -2.30. The van der Waals surface area contributed by atoms with Gasteiger partial charge in [-0.3, -0.25) is 9.59 Å². The molecule has 0 aromatic carbocycles. The van der Waals surface area contributed by atoms with Crippen molar-refractivity contribution in [2.45, 2.75) is 65.3 Å². The molecule has 0 aromatic heterocycles. The third kappa shape index (κ3) is 3.51. The number of nitrogens with two attached hydrogens (primary N) is 1. The Morgan fingerprint density at radius 3 is 1.90 bits per heavy atom. The fourth-order valence-corrected chi connectivity index (χ4v) is 3.52. The van der Waals surface area contributed by atoms with E-state index in [9.17, 15) is 9.59 Å². The zero-order valence-electron chi connectivity index (χ0n) is 12.7. The summed E-state index contributed by atoms with van der Waals surface area (Å²) in [6.45, 7) is 7.43. The fourth-order valence-electron chi connectivity index (χ4n) is 3.52. The number of carbonyl (C=O) groups is 2. The molecule has 1 unspecified atom stereocenters. The Labute approximate surface area is 120 Å². The molecule has 2 fully saturated rings. The average molecular weight is 285 g/mol. The second-order valence-corrected chi connectivity index (χ2v) is 6.93. The Bertz CT molecular complexity index is 367. The summed E-state index contributed by atoms with van der Waals surface area (Å²) in [7, 11) is 0. The molecule has 5 nitrogen and oxygen atoms in total. The van der Waals surface area contributed by atoms with Crippen molar-refractivity contribution in [3.63, 3.8) is 0 Å². The second kappa shape index (κ2) is 6.12. The molecule has 0 heterocycles. The highest BCUT2D eigenvalue weighted by atomic mass is 16.4. The van der Waals surface area contributed by atoms with Crippen LogP contribution in [0, 0.1) is 16.7 Å². The van der Waals surface area contributed by atoms with Crippen LogP contribution in [0.3, 0.4) is 0 Å². The average Bonchev–Trinajstić information content (AvgIpc) is 2.70. The van der Waals surface area contributed by atoms with E-state index in [1.165, 1.54) is 25.7 Å². The maximum atomic E-state index is 9.99. The Kier molecular flexibility index (Phi) is 5.19. The maximum absolute atomic E-state index is 9.99. The number of rotatable bonds is 4. The summed E-state index contributed by atoms with van der Waals surface area (Å²) >= 11 is 0. The van der Waals surface area contributed by atoms with Crippen LogP contribution < -0.4 is 5.73 Å². The minimum Gasteiger partial charge on any atom is -0.481 e. The molecule has 2 aliphatic carbocycles. The number of carboxylic acid groups (broad SMARTS) is 2. The monoisotopic (exact) mass is 285 g/mol. The van der Waals surface area contributed by atoms with Crippen LogP contribution in [-0.2, 0) is 9.59 Å². The van der Waals surface area contributed by atoms with Gasteiger partial charge in [0.05, 0.1) is 0 Å². The summed E-state index contributed by atoms with van der Waals surface area (Å²) in [5.74, 6) is -1.14. The first kappa shape index (κ1) is 17.0. The minimum absolute atomic E-state index is 0.0231. The van der Waals surface area contributed by atoms with Crippen molar-refractivity contribution in [2.24, 2.45) is 22.5 Å². The third-order valence-electron chi connectivity index (χ3n) is 5.65. The lowest BCUT2D eigenvalue weighted by atomic mass is 9.71. The lowest BCUT2D eigenvalue weighted by molar-refractivity contribution is -0.139. The van der Waals surface area contributed by atoms with E-state index in [4.69, 9.17) is 15.9 Å². The lowest BCUT2D eigenvalue weighted by Gasteiger charge is -2.34. The number of hydrogen-bond acceptors (Lipinski definition) is 3. The zero-order chi connectivity index (χ0) is 15.6. The summed E-state index contributed by atoms with van der Waals surface area (Å²) < 4.78 is 0. The normalized spacial score (nSPS) is 31.3. The van der Waals surface area contributed by atoms with Crippen LogP contribution in [0.25, 0.3) is 0 Å². The molecule has 5 heteroatoms. The van der Waals surface area contributed by atoms with Crippen molar-refractivity contribution in [2.75, 3.05) is 0 Å². The molecule has 0 aliphatic heterocycles. The van der Waals surface area contributed by atoms with Gasteiger partial charge in [0.25, 0.3) is 0 Å². The Morgan fingerprint density at radius 1 is 1.20 bits per heavy atom. The third-order valence-corrected chi connectivity index (χ3v) is 5.65. The van der Waals surface area contributed by atoms with Crippen LogP contribution in [0.1, 0.15) is 59.3 Å². The van der Waals surface area contributed by atoms with Crippen LogP contribution in [0.5, 0.6) is 0 Å². The first-order valence-electron chi connectivity index (χ1n) is 7.30. The van der Waals surface area contributed by atoms with E-state index in [-0.39, 0.29) is 12.8 Å². The quantitative estimate of drug-likeness (QED) is 0.736. The molecular weight excluding hydrogens is 258 g/mol. The van der Waals surface area contributed by atoms with Crippen LogP contribution in [0.4, 0.5) is 0 Å². The van der Waals surface area contributed by atoms with Gasteiger partial charge in [0.1, 0.15) is 6.04 Å². The van der Waals surface area contributed by atoms with Gasteiger partial charge < -0.3 is 15.9 Å². The van der Waals surface area contributed by atoms with Crippen molar-refractivity contribution in [3.8, 4) is 0 Å². The van der Waals surface area contributed by atoms with Gasteiger partial charge in [0, 0.05) is 6.42 Å². The zero-order valence-corrected chi connectivity index (χ0v) is 12.7. The highest BCUT2D eigenvalue weighted by molar-refractivity contribution is 5.74. The first-order chi connectivity index (χ1) is 9.10. The van der Waals surface area contributed by atoms with Crippen molar-refractivity contribution in [3.05, 3.63) is 0 Å². The van der Waals surface area contributed by atoms with Crippen LogP contribution >= 0.6 is 0 Å². The summed E-state index contributed by atoms with van der Waals surface area (Å²) in [5, 5.41) is 16.3. The highest BCUT2D eigenvalue weighted by Crippen LogP contribution is 2.65. The summed E-state index contributed by atoms with van der Waals surface area (Å²) in [4.78, 5) is 19.9. The van der Waals surface area contributed by atoms with E-state index < -0.39 is 18.0 Å². The minimum atomic E-state index is -1.17. The molecule has 20 heavy (non-hydrogen) atoms.